The van der Waals surface area contributed by atoms with Crippen molar-refractivity contribution in [2.45, 2.75) is 88.6 Å². The zero-order valence-corrected chi connectivity index (χ0v) is 31.6. The second-order valence-electron chi connectivity index (χ2n) is 16.1. The van der Waals surface area contributed by atoms with Gasteiger partial charge in [-0.05, 0) is 89.4 Å². The van der Waals surface area contributed by atoms with Crippen molar-refractivity contribution >= 4 is 33.6 Å². The molecule has 8 rings (SSSR count). The van der Waals surface area contributed by atoms with Gasteiger partial charge in [0.05, 0.1) is 35.2 Å². The van der Waals surface area contributed by atoms with Crippen LogP contribution in [0, 0.1) is 24.0 Å². The van der Waals surface area contributed by atoms with Gasteiger partial charge in [-0.1, -0.05) is 12.0 Å². The Morgan fingerprint density at radius 2 is 1.87 bits per heavy atom. The third kappa shape index (κ3) is 6.66. The number of methoxy groups -OCH3 is 1. The largest absolute Gasteiger partial charge is 0.468 e. The standard InChI is InChI=1S/C41H46F2N6O6/c1-6-29-32(42)11-8-24-16-28(54-23-52-5)17-30(33(24)29)35-34(43)36-31(18-44-35)37(47-19-25-9-10-26(20-47)49(25)39(51)55-40(2,3)4)46-38(45-36)53-22-41-13-7-15-48(41)27(21-50)12-14-41/h1,8,11,16-18,25-27,50H,7,9-10,12-15,19-23H2,2-5H3. The molecular weight excluding hydrogens is 710 g/mol. The highest BCUT2D eigenvalue weighted by molar-refractivity contribution is 6.03. The first-order valence-corrected chi connectivity index (χ1v) is 18.9. The van der Waals surface area contributed by atoms with Crippen LogP contribution in [0.5, 0.6) is 11.8 Å². The monoisotopic (exact) mass is 756 g/mol. The fourth-order valence-electron chi connectivity index (χ4n) is 9.16. The number of fused-ring (bicyclic) bond motifs is 5. The SMILES string of the molecule is C#Cc1c(F)ccc2cc(OCOC)cc(-c3ncc4c(N5CC6CCC(C5)N6C(=O)OC(C)(C)C)nc(OCC56CCCN5C(CO)CC6)nc4c3F)c12. The van der Waals surface area contributed by atoms with E-state index in [4.69, 9.17) is 30.4 Å². The van der Waals surface area contributed by atoms with E-state index in [0.717, 1.165) is 45.1 Å². The molecule has 2 aromatic carbocycles. The van der Waals surface area contributed by atoms with Gasteiger partial charge in [0, 0.05) is 43.4 Å². The molecule has 4 saturated heterocycles. The molecule has 4 aromatic rings. The summed E-state index contributed by atoms with van der Waals surface area (Å²) in [5.74, 6) is 1.84. The first kappa shape index (κ1) is 37.1. The number of anilines is 1. The van der Waals surface area contributed by atoms with E-state index in [1.54, 1.807) is 18.2 Å². The first-order chi connectivity index (χ1) is 26.4. The van der Waals surface area contributed by atoms with Gasteiger partial charge >= 0.3 is 12.1 Å². The number of piperazine rings is 1. The molecule has 12 nitrogen and oxygen atoms in total. The van der Waals surface area contributed by atoms with Crippen molar-refractivity contribution in [1.29, 1.82) is 0 Å². The van der Waals surface area contributed by atoms with E-state index in [0.29, 0.717) is 40.8 Å². The van der Waals surface area contributed by atoms with Crippen LogP contribution in [0.1, 0.15) is 64.9 Å². The third-order valence-corrected chi connectivity index (χ3v) is 11.5. The van der Waals surface area contributed by atoms with Gasteiger partial charge < -0.3 is 29.0 Å². The van der Waals surface area contributed by atoms with E-state index >= 15 is 8.78 Å². The van der Waals surface area contributed by atoms with E-state index in [2.05, 4.69) is 25.7 Å². The molecular formula is C41H46F2N6O6. The second kappa shape index (κ2) is 14.3. The minimum absolute atomic E-state index is 0.00605. The Hall–Kier alpha value is -4.84. The van der Waals surface area contributed by atoms with Crippen LogP contribution in [-0.4, -0.2) is 112 Å². The van der Waals surface area contributed by atoms with Crippen LogP contribution in [0.4, 0.5) is 19.4 Å². The van der Waals surface area contributed by atoms with Gasteiger partial charge in [0.25, 0.3) is 0 Å². The fraction of sp³-hybridized carbons (Fsp3) is 0.512. The quantitative estimate of drug-likeness (QED) is 0.159. The minimum Gasteiger partial charge on any atom is -0.468 e. The number of hydrogen-bond donors (Lipinski definition) is 1. The summed E-state index contributed by atoms with van der Waals surface area (Å²) in [5.41, 5.74) is -0.845. The van der Waals surface area contributed by atoms with Crippen molar-refractivity contribution in [1.82, 2.24) is 24.8 Å². The number of terminal acetylenes is 1. The maximum atomic E-state index is 17.3. The number of aliphatic hydroxyl groups excluding tert-OH is 1. The van der Waals surface area contributed by atoms with Gasteiger partial charge in [-0.15, -0.1) is 6.42 Å². The van der Waals surface area contributed by atoms with Gasteiger partial charge in [-0.25, -0.2) is 13.6 Å². The lowest BCUT2D eigenvalue weighted by Gasteiger charge is -2.42. The van der Waals surface area contributed by atoms with E-state index < -0.39 is 17.2 Å². The van der Waals surface area contributed by atoms with Crippen molar-refractivity contribution in [2.24, 2.45) is 0 Å². The Morgan fingerprint density at radius 3 is 2.58 bits per heavy atom. The zero-order chi connectivity index (χ0) is 38.6. The number of ether oxygens (including phenoxy) is 4. The van der Waals surface area contributed by atoms with Crippen molar-refractivity contribution < 1.29 is 37.6 Å². The van der Waals surface area contributed by atoms with Crippen LogP contribution in [0.15, 0.2) is 30.5 Å². The Bertz CT molecular complexity index is 2180. The van der Waals surface area contributed by atoms with E-state index in [1.807, 2.05) is 25.7 Å². The topological polar surface area (TPSA) is 123 Å². The summed E-state index contributed by atoms with van der Waals surface area (Å²) in [7, 11) is 1.49. The number of benzene rings is 2. The maximum Gasteiger partial charge on any atom is 0.410 e. The van der Waals surface area contributed by atoms with Gasteiger partial charge in [0.1, 0.15) is 40.8 Å². The number of pyridine rings is 1. The Morgan fingerprint density at radius 1 is 1.09 bits per heavy atom. The Kier molecular flexibility index (Phi) is 9.68. The molecule has 1 N–H and O–H groups in total. The molecule has 0 saturated carbocycles. The number of hydrogen-bond acceptors (Lipinski definition) is 11. The molecule has 1 amide bonds. The summed E-state index contributed by atoms with van der Waals surface area (Å²) in [6.45, 7) is 7.58. The Labute approximate surface area is 318 Å². The lowest BCUT2D eigenvalue weighted by molar-refractivity contribution is 0.0122. The van der Waals surface area contributed by atoms with Crippen molar-refractivity contribution in [3.8, 4) is 35.4 Å². The summed E-state index contributed by atoms with van der Waals surface area (Å²) >= 11 is 0. The van der Waals surface area contributed by atoms with Crippen LogP contribution in [-0.2, 0) is 9.47 Å². The highest BCUT2D eigenvalue weighted by Gasteiger charge is 2.50. The molecule has 0 aliphatic carbocycles. The van der Waals surface area contributed by atoms with Gasteiger partial charge in [0.15, 0.2) is 12.6 Å². The minimum atomic E-state index is -0.763. The number of carbonyl (C=O) groups excluding carboxylic acids is 1. The molecule has 4 fully saturated rings. The average Bonchev–Trinajstić information content (AvgIpc) is 3.81. The zero-order valence-electron chi connectivity index (χ0n) is 31.6. The summed E-state index contributed by atoms with van der Waals surface area (Å²) < 4.78 is 55.6. The van der Waals surface area contributed by atoms with Gasteiger partial charge in [0.2, 0.25) is 0 Å². The lowest BCUT2D eigenvalue weighted by Crippen LogP contribution is -2.57. The average molecular weight is 757 g/mol. The summed E-state index contributed by atoms with van der Waals surface area (Å²) in [4.78, 5) is 33.7. The van der Waals surface area contributed by atoms with Crippen molar-refractivity contribution in [3.05, 3.63) is 47.7 Å². The molecule has 290 valence electrons. The number of aliphatic hydroxyl groups is 1. The number of amides is 1. The van der Waals surface area contributed by atoms with Gasteiger partial charge in [-0.2, -0.15) is 9.97 Å². The smallest absolute Gasteiger partial charge is 0.410 e. The molecule has 4 atom stereocenters. The molecule has 14 heteroatoms. The molecule has 6 heterocycles. The van der Waals surface area contributed by atoms with E-state index in [9.17, 15) is 9.90 Å². The predicted octanol–water partition coefficient (Wildman–Crippen LogP) is 6.04. The van der Waals surface area contributed by atoms with Crippen LogP contribution >= 0.6 is 0 Å². The van der Waals surface area contributed by atoms with Gasteiger partial charge in [-0.3, -0.25) is 14.8 Å². The summed E-state index contributed by atoms with van der Waals surface area (Å²) in [5, 5.41) is 11.3. The number of halogens is 2. The molecule has 4 aliphatic rings. The number of rotatable bonds is 9. The van der Waals surface area contributed by atoms with Crippen LogP contribution in [0.25, 0.3) is 32.9 Å². The summed E-state index contributed by atoms with van der Waals surface area (Å²) in [6, 6.07) is 5.87. The van der Waals surface area contributed by atoms with Crippen LogP contribution < -0.4 is 14.4 Å². The lowest BCUT2D eigenvalue weighted by atomic mass is 9.95. The molecule has 4 unspecified atom stereocenters. The molecule has 4 aliphatic heterocycles. The molecule has 2 bridgehead atoms. The summed E-state index contributed by atoms with van der Waals surface area (Å²) in [6.07, 6.45) is 12.2. The number of aromatic nitrogens is 3. The predicted molar refractivity (Wildman–Crippen MR) is 202 cm³/mol. The first-order valence-electron chi connectivity index (χ1n) is 18.9. The fourth-order valence-corrected chi connectivity index (χ4v) is 9.16. The number of nitrogens with zero attached hydrogens (tertiary/aromatic N) is 6. The molecule has 0 radical (unpaired) electrons. The second-order valence-corrected chi connectivity index (χ2v) is 16.1. The van der Waals surface area contributed by atoms with Crippen molar-refractivity contribution in [3.63, 3.8) is 0 Å². The molecule has 55 heavy (non-hydrogen) atoms. The third-order valence-electron chi connectivity index (χ3n) is 11.5. The highest BCUT2D eigenvalue weighted by Crippen LogP contribution is 2.44. The van der Waals surface area contributed by atoms with Crippen molar-refractivity contribution in [2.75, 3.05) is 51.7 Å². The van der Waals surface area contributed by atoms with E-state index in [-0.39, 0.29) is 78.1 Å². The Balaban J connectivity index is 1.24. The normalized spacial score (nSPS) is 23.7. The molecule has 2 aromatic heterocycles. The van der Waals surface area contributed by atoms with E-state index in [1.165, 1.54) is 19.4 Å². The van der Waals surface area contributed by atoms with Crippen LogP contribution in [0.2, 0.25) is 0 Å². The maximum absolute atomic E-state index is 17.3. The number of carbonyl (C=O) groups is 1. The highest BCUT2D eigenvalue weighted by atomic mass is 19.1. The van der Waals surface area contributed by atoms with Crippen LogP contribution in [0.3, 0.4) is 0 Å². The molecule has 0 spiro atoms.